The fourth-order valence-electron chi connectivity index (χ4n) is 1.24. The van der Waals surface area contributed by atoms with Crippen LogP contribution in [-0.2, 0) is 0 Å². The number of benzene rings is 1. The van der Waals surface area contributed by atoms with E-state index in [0.29, 0.717) is 5.69 Å². The number of nitriles is 1. The van der Waals surface area contributed by atoms with E-state index in [1.165, 1.54) is 12.4 Å². The average Bonchev–Trinajstić information content (AvgIpc) is 2.70. The van der Waals surface area contributed by atoms with Crippen LogP contribution in [0.4, 0.5) is 4.39 Å². The highest BCUT2D eigenvalue weighted by atomic mass is 19.1. The van der Waals surface area contributed by atoms with Crippen LogP contribution in [0.2, 0.25) is 0 Å². The Hall–Kier alpha value is -2.15. The molecule has 3 nitrogen and oxygen atoms in total. The number of hydrogen-bond donors (Lipinski definition) is 0. The molecule has 0 radical (unpaired) electrons. The smallest absolute Gasteiger partial charge is 0.143 e. The Bertz CT molecular complexity index is 483. The van der Waals surface area contributed by atoms with Crippen molar-refractivity contribution < 1.29 is 4.39 Å². The zero-order chi connectivity index (χ0) is 9.97. The fourth-order valence-corrected chi connectivity index (χ4v) is 1.24. The molecule has 1 aromatic carbocycles. The summed E-state index contributed by atoms with van der Waals surface area (Å²) in [4.78, 5) is 3.83. The zero-order valence-electron chi connectivity index (χ0n) is 7.18. The van der Waals surface area contributed by atoms with Crippen LogP contribution in [0.25, 0.3) is 5.69 Å². The van der Waals surface area contributed by atoms with Crippen LogP contribution in [0, 0.1) is 17.1 Å². The topological polar surface area (TPSA) is 41.6 Å². The van der Waals surface area contributed by atoms with Gasteiger partial charge in [-0.15, -0.1) is 0 Å². The highest BCUT2D eigenvalue weighted by Gasteiger charge is 2.08. The van der Waals surface area contributed by atoms with Crippen molar-refractivity contribution in [3.8, 4) is 11.8 Å². The summed E-state index contributed by atoms with van der Waals surface area (Å²) < 4.78 is 14.8. The molecule has 14 heavy (non-hydrogen) atoms. The van der Waals surface area contributed by atoms with Crippen LogP contribution in [0.3, 0.4) is 0 Å². The first-order chi connectivity index (χ1) is 6.83. The van der Waals surface area contributed by atoms with Crippen molar-refractivity contribution in [2.75, 3.05) is 0 Å². The molecule has 0 saturated heterocycles. The lowest BCUT2D eigenvalue weighted by atomic mass is 10.2. The Morgan fingerprint density at radius 2 is 2.29 bits per heavy atom. The van der Waals surface area contributed by atoms with Gasteiger partial charge in [0.15, 0.2) is 0 Å². The van der Waals surface area contributed by atoms with Gasteiger partial charge in [-0.05, 0) is 12.1 Å². The minimum Gasteiger partial charge on any atom is -0.305 e. The first kappa shape index (κ1) is 8.45. The van der Waals surface area contributed by atoms with Crippen molar-refractivity contribution in [2.45, 2.75) is 0 Å². The van der Waals surface area contributed by atoms with Gasteiger partial charge in [0.1, 0.15) is 17.4 Å². The zero-order valence-corrected chi connectivity index (χ0v) is 7.18. The van der Waals surface area contributed by atoms with E-state index in [0.717, 1.165) is 0 Å². The number of imidazole rings is 1. The maximum absolute atomic E-state index is 13.2. The molecule has 0 amide bonds. The van der Waals surface area contributed by atoms with Gasteiger partial charge in [0.2, 0.25) is 0 Å². The highest BCUT2D eigenvalue weighted by Crippen LogP contribution is 2.16. The van der Waals surface area contributed by atoms with Gasteiger partial charge in [-0.3, -0.25) is 0 Å². The highest BCUT2D eigenvalue weighted by molar-refractivity contribution is 5.49. The molecular weight excluding hydrogens is 181 g/mol. The Labute approximate surface area is 80.1 Å². The van der Waals surface area contributed by atoms with Crippen molar-refractivity contribution in [3.05, 3.63) is 48.3 Å². The maximum Gasteiger partial charge on any atom is 0.143 e. The van der Waals surface area contributed by atoms with Gasteiger partial charge in [0.05, 0.1) is 12.0 Å². The minimum atomic E-state index is -0.515. The molecule has 0 fully saturated rings. The molecule has 0 spiro atoms. The molecular formula is C10H6FN3. The lowest BCUT2D eigenvalue weighted by Gasteiger charge is -2.04. The normalized spacial score (nSPS) is 9.71. The average molecular weight is 187 g/mol. The van der Waals surface area contributed by atoms with Gasteiger partial charge in [0, 0.05) is 12.4 Å². The summed E-state index contributed by atoms with van der Waals surface area (Å²) in [6, 6.07) is 6.32. The molecule has 0 bridgehead atoms. The van der Waals surface area contributed by atoms with Crippen molar-refractivity contribution in [1.29, 1.82) is 5.26 Å². The van der Waals surface area contributed by atoms with E-state index in [1.807, 2.05) is 6.07 Å². The molecule has 2 rings (SSSR count). The van der Waals surface area contributed by atoms with Gasteiger partial charge < -0.3 is 4.57 Å². The quantitative estimate of drug-likeness (QED) is 0.684. The second kappa shape index (κ2) is 3.30. The van der Waals surface area contributed by atoms with Crippen LogP contribution >= 0.6 is 0 Å². The summed E-state index contributed by atoms with van der Waals surface area (Å²) >= 11 is 0. The van der Waals surface area contributed by atoms with E-state index >= 15 is 0 Å². The fraction of sp³-hybridized carbons (Fsp3) is 0. The second-order valence-corrected chi connectivity index (χ2v) is 2.72. The predicted octanol–water partition coefficient (Wildman–Crippen LogP) is 1.88. The number of rotatable bonds is 1. The first-order valence-corrected chi connectivity index (χ1v) is 4.00. The van der Waals surface area contributed by atoms with Crippen molar-refractivity contribution >= 4 is 0 Å². The van der Waals surface area contributed by atoms with E-state index in [2.05, 4.69) is 4.98 Å². The Kier molecular flexibility index (Phi) is 1.99. The van der Waals surface area contributed by atoms with Gasteiger partial charge >= 0.3 is 0 Å². The number of hydrogen-bond acceptors (Lipinski definition) is 2. The maximum atomic E-state index is 13.2. The molecule has 0 aliphatic rings. The number of halogens is 1. The van der Waals surface area contributed by atoms with Crippen molar-refractivity contribution in [3.63, 3.8) is 0 Å². The third kappa shape index (κ3) is 1.25. The Morgan fingerprint density at radius 3 is 2.93 bits per heavy atom. The molecule has 0 atom stereocenters. The van der Waals surface area contributed by atoms with E-state index < -0.39 is 5.82 Å². The summed E-state index contributed by atoms with van der Waals surface area (Å²) in [5.41, 5.74) is 0.538. The standard InChI is InChI=1S/C10H6FN3/c11-9-2-1-3-10(8(9)6-12)14-5-4-13-7-14/h1-5,7H. The Morgan fingerprint density at radius 1 is 1.43 bits per heavy atom. The molecule has 0 unspecified atom stereocenters. The summed E-state index contributed by atoms with van der Waals surface area (Å²) in [5.74, 6) is -0.515. The van der Waals surface area contributed by atoms with Crippen LogP contribution in [0.1, 0.15) is 5.56 Å². The molecule has 1 heterocycles. The van der Waals surface area contributed by atoms with Gasteiger partial charge in [-0.2, -0.15) is 5.26 Å². The van der Waals surface area contributed by atoms with E-state index in [4.69, 9.17) is 5.26 Å². The minimum absolute atomic E-state index is 0.0329. The molecule has 68 valence electrons. The van der Waals surface area contributed by atoms with Crippen LogP contribution in [0.5, 0.6) is 0 Å². The van der Waals surface area contributed by atoms with E-state index in [1.54, 1.807) is 29.1 Å². The first-order valence-electron chi connectivity index (χ1n) is 4.00. The molecule has 0 aliphatic heterocycles. The number of aromatic nitrogens is 2. The van der Waals surface area contributed by atoms with Gasteiger partial charge in [0.25, 0.3) is 0 Å². The lowest BCUT2D eigenvalue weighted by Crippen LogP contribution is -1.96. The second-order valence-electron chi connectivity index (χ2n) is 2.72. The monoisotopic (exact) mass is 187 g/mol. The van der Waals surface area contributed by atoms with Crippen LogP contribution in [-0.4, -0.2) is 9.55 Å². The van der Waals surface area contributed by atoms with Gasteiger partial charge in [-0.1, -0.05) is 6.07 Å². The van der Waals surface area contributed by atoms with Crippen molar-refractivity contribution in [1.82, 2.24) is 9.55 Å². The van der Waals surface area contributed by atoms with E-state index in [-0.39, 0.29) is 5.56 Å². The van der Waals surface area contributed by atoms with Crippen LogP contribution in [0.15, 0.2) is 36.9 Å². The third-order valence-corrected chi connectivity index (χ3v) is 1.89. The lowest BCUT2D eigenvalue weighted by molar-refractivity contribution is 0.622. The molecule has 1 aromatic heterocycles. The number of nitrogens with zero attached hydrogens (tertiary/aromatic N) is 3. The summed E-state index contributed by atoms with van der Waals surface area (Å²) in [6.07, 6.45) is 4.76. The third-order valence-electron chi connectivity index (χ3n) is 1.89. The summed E-state index contributed by atoms with van der Waals surface area (Å²) in [6.45, 7) is 0. The van der Waals surface area contributed by atoms with E-state index in [9.17, 15) is 4.39 Å². The predicted molar refractivity (Wildman–Crippen MR) is 48.2 cm³/mol. The largest absolute Gasteiger partial charge is 0.305 e. The summed E-state index contributed by atoms with van der Waals surface area (Å²) in [7, 11) is 0. The van der Waals surface area contributed by atoms with Crippen molar-refractivity contribution in [2.24, 2.45) is 0 Å². The molecule has 2 aromatic rings. The Balaban J connectivity index is 2.66. The van der Waals surface area contributed by atoms with Gasteiger partial charge in [-0.25, -0.2) is 9.37 Å². The van der Waals surface area contributed by atoms with Crippen LogP contribution < -0.4 is 0 Å². The molecule has 0 aliphatic carbocycles. The molecule has 0 saturated carbocycles. The SMILES string of the molecule is N#Cc1c(F)cccc1-n1ccnc1. The molecule has 4 heteroatoms. The molecule has 0 N–H and O–H groups in total. The summed E-state index contributed by atoms with van der Waals surface area (Å²) in [5, 5.41) is 8.77.